The molecule has 126 valence electrons. The molecule has 0 radical (unpaired) electrons. The number of likely N-dealkylation sites (tertiary alicyclic amines) is 1. The highest BCUT2D eigenvalue weighted by atomic mass is 35.5. The Kier molecular flexibility index (Phi) is 4.95. The van der Waals surface area contributed by atoms with Gasteiger partial charge in [-0.1, -0.05) is 17.7 Å². The van der Waals surface area contributed by atoms with E-state index in [0.717, 1.165) is 24.9 Å². The number of benzene rings is 2. The zero-order valence-corrected chi connectivity index (χ0v) is 14.5. The highest BCUT2D eigenvalue weighted by Crippen LogP contribution is 2.37. The minimum atomic E-state index is 0.0314. The predicted octanol–water partition coefficient (Wildman–Crippen LogP) is 4.33. The van der Waals surface area contributed by atoms with Crippen molar-refractivity contribution in [2.24, 2.45) is 0 Å². The fraction of sp³-hybridized carbons (Fsp3) is 0.316. The van der Waals surface area contributed by atoms with Crippen LogP contribution in [0.1, 0.15) is 34.8 Å². The number of methoxy groups -OCH3 is 2. The van der Waals surface area contributed by atoms with E-state index in [4.69, 9.17) is 21.1 Å². The minimum absolute atomic E-state index is 0.0314. The van der Waals surface area contributed by atoms with Crippen LogP contribution < -0.4 is 9.47 Å². The molecule has 5 heteroatoms. The van der Waals surface area contributed by atoms with Crippen molar-refractivity contribution in [1.29, 1.82) is 0 Å². The van der Waals surface area contributed by atoms with E-state index in [2.05, 4.69) is 0 Å². The van der Waals surface area contributed by atoms with Crippen LogP contribution in [-0.2, 0) is 0 Å². The molecule has 4 nitrogen and oxygen atoms in total. The number of ether oxygens (including phenoxy) is 2. The second-order valence-corrected chi connectivity index (χ2v) is 6.21. The molecule has 0 bridgehead atoms. The maximum absolute atomic E-state index is 12.8. The Balaban J connectivity index is 1.87. The van der Waals surface area contributed by atoms with E-state index in [9.17, 15) is 4.79 Å². The van der Waals surface area contributed by atoms with Crippen LogP contribution in [0.4, 0.5) is 0 Å². The molecule has 0 spiro atoms. The van der Waals surface area contributed by atoms with Gasteiger partial charge in [0, 0.05) is 17.1 Å². The van der Waals surface area contributed by atoms with Crippen LogP contribution in [0.25, 0.3) is 0 Å². The summed E-state index contributed by atoms with van der Waals surface area (Å²) in [5, 5.41) is 0.629. The lowest BCUT2D eigenvalue weighted by Gasteiger charge is -2.26. The summed E-state index contributed by atoms with van der Waals surface area (Å²) in [4.78, 5) is 14.8. The van der Waals surface area contributed by atoms with Gasteiger partial charge >= 0.3 is 0 Å². The molecule has 0 aromatic heterocycles. The van der Waals surface area contributed by atoms with Gasteiger partial charge in [-0.25, -0.2) is 0 Å². The first-order chi connectivity index (χ1) is 11.6. The number of carbonyl (C=O) groups is 1. The predicted molar refractivity (Wildman–Crippen MR) is 94.0 cm³/mol. The average Bonchev–Trinajstić information content (AvgIpc) is 3.10. The summed E-state index contributed by atoms with van der Waals surface area (Å²) in [6.07, 6.45) is 1.92. The number of hydrogen-bond acceptors (Lipinski definition) is 3. The van der Waals surface area contributed by atoms with Crippen molar-refractivity contribution in [2.45, 2.75) is 18.9 Å². The van der Waals surface area contributed by atoms with Crippen LogP contribution in [0.3, 0.4) is 0 Å². The molecule has 1 aliphatic rings. The molecule has 3 rings (SSSR count). The van der Waals surface area contributed by atoms with E-state index in [1.54, 1.807) is 38.5 Å². The van der Waals surface area contributed by atoms with E-state index < -0.39 is 0 Å². The summed E-state index contributed by atoms with van der Waals surface area (Å²) in [5.74, 6) is 1.40. The van der Waals surface area contributed by atoms with Gasteiger partial charge in [0.1, 0.15) is 0 Å². The smallest absolute Gasteiger partial charge is 0.254 e. The molecule has 1 atom stereocenters. The lowest BCUT2D eigenvalue weighted by atomic mass is 10.0. The first-order valence-electron chi connectivity index (χ1n) is 7.92. The van der Waals surface area contributed by atoms with Crippen molar-refractivity contribution in [3.8, 4) is 11.5 Å². The fourth-order valence-electron chi connectivity index (χ4n) is 3.17. The van der Waals surface area contributed by atoms with Gasteiger partial charge in [-0.2, -0.15) is 0 Å². The molecule has 1 fully saturated rings. The molecule has 1 aliphatic heterocycles. The van der Waals surface area contributed by atoms with Crippen molar-refractivity contribution in [2.75, 3.05) is 20.8 Å². The molecule has 0 N–H and O–H groups in total. The third-order valence-electron chi connectivity index (χ3n) is 4.40. The first-order valence-corrected chi connectivity index (χ1v) is 8.30. The minimum Gasteiger partial charge on any atom is -0.493 e. The van der Waals surface area contributed by atoms with Crippen LogP contribution >= 0.6 is 11.6 Å². The lowest BCUT2D eigenvalue weighted by Crippen LogP contribution is -2.30. The van der Waals surface area contributed by atoms with Crippen LogP contribution in [0.5, 0.6) is 11.5 Å². The van der Waals surface area contributed by atoms with Gasteiger partial charge in [0.05, 0.1) is 20.3 Å². The second-order valence-electron chi connectivity index (χ2n) is 5.78. The van der Waals surface area contributed by atoms with Crippen LogP contribution in [0.2, 0.25) is 5.02 Å². The molecule has 1 saturated heterocycles. The number of nitrogens with zero attached hydrogens (tertiary/aromatic N) is 1. The normalized spacial score (nSPS) is 17.0. The summed E-state index contributed by atoms with van der Waals surface area (Å²) >= 11 is 5.91. The van der Waals surface area contributed by atoms with E-state index in [-0.39, 0.29) is 11.9 Å². The maximum Gasteiger partial charge on any atom is 0.254 e. The van der Waals surface area contributed by atoms with Gasteiger partial charge < -0.3 is 14.4 Å². The fourth-order valence-corrected chi connectivity index (χ4v) is 3.30. The monoisotopic (exact) mass is 345 g/mol. The number of hydrogen-bond donors (Lipinski definition) is 0. The van der Waals surface area contributed by atoms with Crippen molar-refractivity contribution < 1.29 is 14.3 Å². The van der Waals surface area contributed by atoms with Gasteiger partial charge in [0.15, 0.2) is 11.5 Å². The van der Waals surface area contributed by atoms with E-state index in [1.165, 1.54) is 0 Å². The van der Waals surface area contributed by atoms with Crippen LogP contribution in [-0.4, -0.2) is 31.6 Å². The van der Waals surface area contributed by atoms with Crippen LogP contribution in [0.15, 0.2) is 42.5 Å². The van der Waals surface area contributed by atoms with Gasteiger partial charge in [0.2, 0.25) is 0 Å². The molecular formula is C19H20ClNO3. The molecule has 1 amide bonds. The largest absolute Gasteiger partial charge is 0.493 e. The summed E-state index contributed by atoms with van der Waals surface area (Å²) < 4.78 is 10.7. The molecule has 0 aliphatic carbocycles. The Morgan fingerprint density at radius 1 is 1.08 bits per heavy atom. The Morgan fingerprint density at radius 2 is 1.79 bits per heavy atom. The highest BCUT2D eigenvalue weighted by Gasteiger charge is 2.31. The van der Waals surface area contributed by atoms with Crippen LogP contribution in [0, 0.1) is 0 Å². The van der Waals surface area contributed by atoms with Crippen molar-refractivity contribution in [1.82, 2.24) is 4.90 Å². The number of carbonyl (C=O) groups excluding carboxylic acids is 1. The van der Waals surface area contributed by atoms with Crippen molar-refractivity contribution in [3.05, 3.63) is 58.6 Å². The molecule has 24 heavy (non-hydrogen) atoms. The number of amides is 1. The highest BCUT2D eigenvalue weighted by molar-refractivity contribution is 6.30. The van der Waals surface area contributed by atoms with Gasteiger partial charge in [0.25, 0.3) is 5.91 Å². The first kappa shape index (κ1) is 16.7. The second kappa shape index (κ2) is 7.14. The standard InChI is InChI=1S/C19H20ClNO3/c1-23-17-10-7-14(12-18(17)24-2)16-4-3-11-21(16)19(22)13-5-8-15(20)9-6-13/h5-10,12,16H,3-4,11H2,1-2H3. The Morgan fingerprint density at radius 3 is 2.46 bits per heavy atom. The molecule has 2 aromatic rings. The molecule has 2 aromatic carbocycles. The maximum atomic E-state index is 12.8. The SMILES string of the molecule is COc1ccc(C2CCCN2C(=O)c2ccc(Cl)cc2)cc1OC. The van der Waals surface area contributed by atoms with Gasteiger partial charge in [-0.3, -0.25) is 4.79 Å². The Hall–Kier alpha value is -2.20. The number of halogens is 1. The summed E-state index contributed by atoms with van der Waals surface area (Å²) in [6.45, 7) is 0.750. The molecular weight excluding hydrogens is 326 g/mol. The molecule has 1 heterocycles. The topological polar surface area (TPSA) is 38.8 Å². The van der Waals surface area contributed by atoms with Gasteiger partial charge in [-0.15, -0.1) is 0 Å². The van der Waals surface area contributed by atoms with Crippen molar-refractivity contribution in [3.63, 3.8) is 0 Å². The zero-order valence-electron chi connectivity index (χ0n) is 13.8. The van der Waals surface area contributed by atoms with E-state index in [1.807, 2.05) is 23.1 Å². The lowest BCUT2D eigenvalue weighted by molar-refractivity contribution is 0.0735. The van der Waals surface area contributed by atoms with E-state index in [0.29, 0.717) is 22.1 Å². The summed E-state index contributed by atoms with van der Waals surface area (Å²) in [5.41, 5.74) is 1.72. The average molecular weight is 346 g/mol. The molecule has 0 saturated carbocycles. The summed E-state index contributed by atoms with van der Waals surface area (Å²) in [7, 11) is 3.23. The molecule has 1 unspecified atom stereocenters. The quantitative estimate of drug-likeness (QED) is 0.827. The van der Waals surface area contributed by atoms with Gasteiger partial charge in [-0.05, 0) is 54.8 Å². The van der Waals surface area contributed by atoms with Crippen molar-refractivity contribution >= 4 is 17.5 Å². The zero-order chi connectivity index (χ0) is 17.1. The Bertz CT molecular complexity index is 730. The summed E-state index contributed by atoms with van der Waals surface area (Å²) in [6, 6.07) is 12.9. The number of rotatable bonds is 4. The van der Waals surface area contributed by atoms with E-state index >= 15 is 0 Å². The third-order valence-corrected chi connectivity index (χ3v) is 4.65. The Labute approximate surface area is 146 Å². The third kappa shape index (κ3) is 3.20.